The standard InChI is InChI=1S/C14H18FN3O2S/c1-12(10-16)11-17-6-8-18(9-7-17)21(19,20)14-5-3-2-4-13(14)15/h2-5,12H,6-9,11H2,1H3/t12-/m0/s1. The van der Waals surface area contributed by atoms with Crippen LogP contribution in [0.25, 0.3) is 0 Å². The predicted molar refractivity (Wildman–Crippen MR) is 76.4 cm³/mol. The van der Waals surface area contributed by atoms with Gasteiger partial charge in [-0.1, -0.05) is 12.1 Å². The van der Waals surface area contributed by atoms with Gasteiger partial charge in [-0.3, -0.25) is 4.90 Å². The molecule has 1 atom stereocenters. The van der Waals surface area contributed by atoms with E-state index in [0.717, 1.165) is 6.07 Å². The molecule has 7 heteroatoms. The van der Waals surface area contributed by atoms with Gasteiger partial charge in [0, 0.05) is 32.7 Å². The molecule has 21 heavy (non-hydrogen) atoms. The van der Waals surface area contributed by atoms with E-state index in [4.69, 9.17) is 5.26 Å². The zero-order chi connectivity index (χ0) is 15.5. The number of hydrogen-bond donors (Lipinski definition) is 0. The molecule has 0 N–H and O–H groups in total. The molecule has 0 bridgehead atoms. The van der Waals surface area contributed by atoms with Crippen molar-refractivity contribution in [3.63, 3.8) is 0 Å². The number of piperazine rings is 1. The van der Waals surface area contributed by atoms with Crippen LogP contribution in [0, 0.1) is 23.1 Å². The summed E-state index contributed by atoms with van der Waals surface area (Å²) in [5.74, 6) is -0.808. The zero-order valence-corrected chi connectivity index (χ0v) is 12.7. The van der Waals surface area contributed by atoms with E-state index in [2.05, 4.69) is 11.0 Å². The highest BCUT2D eigenvalue weighted by atomic mass is 32.2. The lowest BCUT2D eigenvalue weighted by atomic mass is 10.2. The Morgan fingerprint density at radius 3 is 2.48 bits per heavy atom. The van der Waals surface area contributed by atoms with Crippen LogP contribution in [-0.2, 0) is 10.0 Å². The van der Waals surface area contributed by atoms with Gasteiger partial charge in [0.15, 0.2) is 0 Å². The second-order valence-corrected chi connectivity index (χ2v) is 7.07. The van der Waals surface area contributed by atoms with Crippen LogP contribution in [0.15, 0.2) is 29.2 Å². The predicted octanol–water partition coefficient (Wildman–Crippen LogP) is 1.29. The Balaban J connectivity index is 2.05. The number of sulfonamides is 1. The molecule has 1 heterocycles. The molecule has 1 aromatic carbocycles. The molecule has 0 aliphatic carbocycles. The summed E-state index contributed by atoms with van der Waals surface area (Å²) in [6.07, 6.45) is 0. The molecular formula is C14H18FN3O2S. The lowest BCUT2D eigenvalue weighted by molar-refractivity contribution is 0.178. The Bertz CT molecular complexity index is 634. The Labute approximate surface area is 124 Å². The van der Waals surface area contributed by atoms with Crippen molar-refractivity contribution in [3.8, 4) is 6.07 Å². The van der Waals surface area contributed by atoms with Gasteiger partial charge in [0.1, 0.15) is 10.7 Å². The molecule has 0 radical (unpaired) electrons. The molecule has 1 aliphatic rings. The second-order valence-electron chi connectivity index (χ2n) is 5.17. The molecule has 0 spiro atoms. The maximum Gasteiger partial charge on any atom is 0.246 e. The Morgan fingerprint density at radius 2 is 1.90 bits per heavy atom. The first kappa shape index (κ1) is 15.9. The summed E-state index contributed by atoms with van der Waals surface area (Å²) in [5, 5.41) is 8.80. The first-order valence-corrected chi connectivity index (χ1v) is 8.26. The number of hydrogen-bond acceptors (Lipinski definition) is 4. The molecule has 0 saturated carbocycles. The van der Waals surface area contributed by atoms with Crippen molar-refractivity contribution >= 4 is 10.0 Å². The summed E-state index contributed by atoms with van der Waals surface area (Å²) >= 11 is 0. The first-order valence-electron chi connectivity index (χ1n) is 6.82. The highest BCUT2D eigenvalue weighted by Crippen LogP contribution is 2.20. The lowest BCUT2D eigenvalue weighted by Gasteiger charge is -2.34. The van der Waals surface area contributed by atoms with Crippen LogP contribution in [0.1, 0.15) is 6.92 Å². The number of rotatable bonds is 4. The number of benzene rings is 1. The van der Waals surface area contributed by atoms with E-state index >= 15 is 0 Å². The van der Waals surface area contributed by atoms with Crippen molar-refractivity contribution in [2.45, 2.75) is 11.8 Å². The molecule has 0 amide bonds. The van der Waals surface area contributed by atoms with E-state index in [-0.39, 0.29) is 10.8 Å². The fraction of sp³-hybridized carbons (Fsp3) is 0.500. The molecule has 114 valence electrons. The van der Waals surface area contributed by atoms with Gasteiger partial charge in [-0.05, 0) is 19.1 Å². The fourth-order valence-corrected chi connectivity index (χ4v) is 3.86. The molecule has 1 fully saturated rings. The maximum absolute atomic E-state index is 13.7. The highest BCUT2D eigenvalue weighted by molar-refractivity contribution is 7.89. The van der Waals surface area contributed by atoms with Crippen molar-refractivity contribution in [1.29, 1.82) is 5.26 Å². The Morgan fingerprint density at radius 1 is 1.29 bits per heavy atom. The largest absolute Gasteiger partial charge is 0.299 e. The fourth-order valence-electron chi connectivity index (χ4n) is 2.37. The van der Waals surface area contributed by atoms with E-state index in [1.54, 1.807) is 0 Å². The van der Waals surface area contributed by atoms with E-state index < -0.39 is 15.8 Å². The molecular weight excluding hydrogens is 293 g/mol. The zero-order valence-electron chi connectivity index (χ0n) is 11.9. The van der Waals surface area contributed by atoms with Gasteiger partial charge in [-0.25, -0.2) is 12.8 Å². The summed E-state index contributed by atoms with van der Waals surface area (Å²) in [5.41, 5.74) is 0. The van der Waals surface area contributed by atoms with Crippen molar-refractivity contribution in [1.82, 2.24) is 9.21 Å². The number of halogens is 1. The summed E-state index contributed by atoms with van der Waals surface area (Å²) in [6, 6.07) is 7.58. The van der Waals surface area contributed by atoms with Gasteiger partial charge in [0.2, 0.25) is 10.0 Å². The third kappa shape index (κ3) is 3.59. The minimum absolute atomic E-state index is 0.0836. The number of nitriles is 1. The first-order chi connectivity index (χ1) is 9.95. The van der Waals surface area contributed by atoms with E-state index in [1.807, 2.05) is 6.92 Å². The van der Waals surface area contributed by atoms with Gasteiger partial charge in [-0.2, -0.15) is 9.57 Å². The smallest absolute Gasteiger partial charge is 0.246 e. The lowest BCUT2D eigenvalue weighted by Crippen LogP contribution is -2.49. The average molecular weight is 311 g/mol. The summed E-state index contributed by atoms with van der Waals surface area (Å²) in [6.45, 7) is 4.20. The molecule has 2 rings (SSSR count). The molecule has 0 unspecified atom stereocenters. The van der Waals surface area contributed by atoms with Gasteiger partial charge in [0.25, 0.3) is 0 Å². The minimum Gasteiger partial charge on any atom is -0.299 e. The van der Waals surface area contributed by atoms with Crippen molar-refractivity contribution in [2.24, 2.45) is 5.92 Å². The number of nitrogens with zero attached hydrogens (tertiary/aromatic N) is 3. The van der Waals surface area contributed by atoms with Crippen LogP contribution >= 0.6 is 0 Å². The van der Waals surface area contributed by atoms with Gasteiger partial charge in [0.05, 0.1) is 12.0 Å². The monoisotopic (exact) mass is 311 g/mol. The van der Waals surface area contributed by atoms with Crippen LogP contribution in [0.2, 0.25) is 0 Å². The van der Waals surface area contributed by atoms with Crippen molar-refractivity contribution in [3.05, 3.63) is 30.1 Å². The summed E-state index contributed by atoms with van der Waals surface area (Å²) < 4.78 is 39.8. The molecule has 1 saturated heterocycles. The SMILES string of the molecule is C[C@@H](C#N)CN1CCN(S(=O)(=O)c2ccccc2F)CC1. The summed E-state index contributed by atoms with van der Waals surface area (Å²) in [7, 11) is -3.78. The van der Waals surface area contributed by atoms with Crippen molar-refractivity contribution < 1.29 is 12.8 Å². The van der Waals surface area contributed by atoms with Crippen LogP contribution in [0.3, 0.4) is 0 Å². The maximum atomic E-state index is 13.7. The van der Waals surface area contributed by atoms with Crippen molar-refractivity contribution in [2.75, 3.05) is 32.7 Å². The van der Waals surface area contributed by atoms with E-state index in [0.29, 0.717) is 32.7 Å². The normalized spacial score (nSPS) is 19.1. The van der Waals surface area contributed by atoms with Crippen LogP contribution < -0.4 is 0 Å². The van der Waals surface area contributed by atoms with E-state index in [1.165, 1.54) is 22.5 Å². The molecule has 0 aromatic heterocycles. The molecule has 1 aliphatic heterocycles. The molecule has 5 nitrogen and oxygen atoms in total. The van der Waals surface area contributed by atoms with Crippen LogP contribution in [0.5, 0.6) is 0 Å². The highest BCUT2D eigenvalue weighted by Gasteiger charge is 2.30. The molecule has 1 aromatic rings. The quantitative estimate of drug-likeness (QED) is 0.840. The van der Waals surface area contributed by atoms with Gasteiger partial charge >= 0.3 is 0 Å². The van der Waals surface area contributed by atoms with Gasteiger partial charge < -0.3 is 0 Å². The Hall–Kier alpha value is -1.49. The van der Waals surface area contributed by atoms with Crippen LogP contribution in [-0.4, -0.2) is 50.3 Å². The van der Waals surface area contributed by atoms with Gasteiger partial charge in [-0.15, -0.1) is 0 Å². The average Bonchev–Trinajstić information content (AvgIpc) is 2.48. The minimum atomic E-state index is -3.78. The Kier molecular flexibility index (Phi) is 4.93. The summed E-state index contributed by atoms with van der Waals surface area (Å²) in [4.78, 5) is 1.78. The topological polar surface area (TPSA) is 64.4 Å². The third-order valence-electron chi connectivity index (χ3n) is 3.54. The van der Waals surface area contributed by atoms with E-state index in [9.17, 15) is 12.8 Å². The van der Waals surface area contributed by atoms with Crippen LogP contribution in [0.4, 0.5) is 4.39 Å². The third-order valence-corrected chi connectivity index (χ3v) is 5.47. The second kappa shape index (κ2) is 6.52.